The lowest BCUT2D eigenvalue weighted by Crippen LogP contribution is -2.54. The average molecular weight is 243 g/mol. The number of hydrogen-bond acceptors (Lipinski definition) is 3. The molecule has 0 saturated heterocycles. The fourth-order valence-electron chi connectivity index (χ4n) is 5.10. The lowest BCUT2D eigenvalue weighted by Gasteiger charge is -2.57. The SMILES string of the molecule is Nc1cc(NC23CC4CC(CC(C4)C2)C3)ccn1. The van der Waals surface area contributed by atoms with E-state index in [-0.39, 0.29) is 0 Å². The van der Waals surface area contributed by atoms with Crippen LogP contribution < -0.4 is 11.1 Å². The fraction of sp³-hybridized carbons (Fsp3) is 0.667. The summed E-state index contributed by atoms with van der Waals surface area (Å²) in [5.41, 5.74) is 7.30. The van der Waals surface area contributed by atoms with Crippen molar-refractivity contribution in [3.8, 4) is 0 Å². The Morgan fingerprint density at radius 2 is 1.72 bits per heavy atom. The highest BCUT2D eigenvalue weighted by atomic mass is 15.0. The van der Waals surface area contributed by atoms with Crippen molar-refractivity contribution in [1.29, 1.82) is 0 Å². The molecule has 1 heterocycles. The number of pyridine rings is 1. The third-order valence-corrected chi connectivity index (χ3v) is 5.23. The van der Waals surface area contributed by atoms with Gasteiger partial charge in [0.15, 0.2) is 0 Å². The van der Waals surface area contributed by atoms with E-state index in [1.54, 1.807) is 6.20 Å². The van der Waals surface area contributed by atoms with Gasteiger partial charge in [-0.3, -0.25) is 0 Å². The lowest BCUT2D eigenvalue weighted by atomic mass is 9.53. The summed E-state index contributed by atoms with van der Waals surface area (Å²) in [6, 6.07) is 4.02. The number of anilines is 2. The number of nitrogens with zero attached hydrogens (tertiary/aromatic N) is 1. The zero-order valence-corrected chi connectivity index (χ0v) is 10.7. The topological polar surface area (TPSA) is 50.9 Å². The molecule has 4 fully saturated rings. The monoisotopic (exact) mass is 243 g/mol. The van der Waals surface area contributed by atoms with E-state index < -0.39 is 0 Å². The third kappa shape index (κ3) is 1.68. The van der Waals surface area contributed by atoms with Gasteiger partial charge in [0.25, 0.3) is 0 Å². The van der Waals surface area contributed by atoms with E-state index in [0.717, 1.165) is 23.4 Å². The summed E-state index contributed by atoms with van der Waals surface area (Å²) < 4.78 is 0. The first kappa shape index (κ1) is 10.7. The predicted molar refractivity (Wildman–Crippen MR) is 73.2 cm³/mol. The van der Waals surface area contributed by atoms with Crippen LogP contribution in [0.1, 0.15) is 38.5 Å². The van der Waals surface area contributed by atoms with Gasteiger partial charge in [0, 0.05) is 23.5 Å². The molecule has 0 radical (unpaired) electrons. The van der Waals surface area contributed by atoms with Crippen molar-refractivity contribution in [2.24, 2.45) is 17.8 Å². The molecule has 4 bridgehead atoms. The molecule has 0 aromatic carbocycles. The Labute approximate surface area is 108 Å². The summed E-state index contributed by atoms with van der Waals surface area (Å²) in [7, 11) is 0. The van der Waals surface area contributed by atoms with Gasteiger partial charge in [-0.25, -0.2) is 4.98 Å². The summed E-state index contributed by atoms with van der Waals surface area (Å²) in [5, 5.41) is 3.81. The maximum atomic E-state index is 5.77. The van der Waals surface area contributed by atoms with Crippen molar-refractivity contribution in [1.82, 2.24) is 4.98 Å². The summed E-state index contributed by atoms with van der Waals surface area (Å²) in [5.74, 6) is 3.54. The van der Waals surface area contributed by atoms with Crippen LogP contribution in [0, 0.1) is 17.8 Å². The minimum absolute atomic E-state index is 0.364. The molecule has 0 aliphatic heterocycles. The lowest BCUT2D eigenvalue weighted by molar-refractivity contribution is 0.0107. The first-order valence-electron chi connectivity index (χ1n) is 7.20. The Morgan fingerprint density at radius 3 is 2.28 bits per heavy atom. The quantitative estimate of drug-likeness (QED) is 0.839. The molecule has 3 heteroatoms. The summed E-state index contributed by atoms with van der Waals surface area (Å²) in [6.45, 7) is 0. The number of rotatable bonds is 2. The standard InChI is InChI=1S/C15H21N3/c16-14-6-13(1-2-17-14)18-15-7-10-3-11(8-15)5-12(4-10)9-15/h1-2,6,10-12H,3-5,7-9H2,(H3,16,17,18). The van der Waals surface area contributed by atoms with Gasteiger partial charge < -0.3 is 11.1 Å². The molecule has 3 N–H and O–H groups in total. The highest BCUT2D eigenvalue weighted by Crippen LogP contribution is 2.56. The molecular formula is C15H21N3. The molecule has 4 aliphatic carbocycles. The molecule has 1 aromatic rings. The molecule has 4 saturated carbocycles. The zero-order chi connectivity index (χ0) is 12.2. The van der Waals surface area contributed by atoms with Crippen LogP contribution in [0.15, 0.2) is 18.3 Å². The Hall–Kier alpha value is -1.25. The maximum Gasteiger partial charge on any atom is 0.125 e. The Kier molecular flexibility index (Phi) is 2.14. The van der Waals surface area contributed by atoms with Crippen LogP contribution in [0.3, 0.4) is 0 Å². The van der Waals surface area contributed by atoms with Crippen LogP contribution in [-0.4, -0.2) is 10.5 Å². The minimum Gasteiger partial charge on any atom is -0.384 e. The zero-order valence-electron chi connectivity index (χ0n) is 10.7. The van der Waals surface area contributed by atoms with Crippen molar-refractivity contribution in [3.05, 3.63) is 18.3 Å². The van der Waals surface area contributed by atoms with Gasteiger partial charge in [0.1, 0.15) is 5.82 Å². The molecular weight excluding hydrogens is 222 g/mol. The van der Waals surface area contributed by atoms with Crippen LogP contribution in [0.4, 0.5) is 11.5 Å². The average Bonchev–Trinajstić information content (AvgIpc) is 2.25. The van der Waals surface area contributed by atoms with Gasteiger partial charge in [-0.2, -0.15) is 0 Å². The molecule has 1 aromatic heterocycles. The van der Waals surface area contributed by atoms with Gasteiger partial charge >= 0.3 is 0 Å². The molecule has 5 rings (SSSR count). The normalized spacial score (nSPS) is 41.0. The Morgan fingerprint density at radius 1 is 1.11 bits per heavy atom. The van der Waals surface area contributed by atoms with Gasteiger partial charge in [-0.15, -0.1) is 0 Å². The highest BCUT2D eigenvalue weighted by molar-refractivity contribution is 5.51. The molecule has 0 atom stereocenters. The van der Waals surface area contributed by atoms with Crippen molar-refractivity contribution in [3.63, 3.8) is 0 Å². The molecule has 0 amide bonds. The van der Waals surface area contributed by atoms with Crippen molar-refractivity contribution >= 4 is 11.5 Å². The van der Waals surface area contributed by atoms with Crippen LogP contribution in [0.5, 0.6) is 0 Å². The largest absolute Gasteiger partial charge is 0.384 e. The van der Waals surface area contributed by atoms with Crippen molar-refractivity contribution < 1.29 is 0 Å². The highest BCUT2D eigenvalue weighted by Gasteiger charge is 2.50. The molecule has 3 nitrogen and oxygen atoms in total. The fourth-order valence-corrected chi connectivity index (χ4v) is 5.10. The third-order valence-electron chi connectivity index (χ3n) is 5.23. The van der Waals surface area contributed by atoms with E-state index >= 15 is 0 Å². The second-order valence-electron chi connectivity index (χ2n) is 6.79. The van der Waals surface area contributed by atoms with E-state index in [1.165, 1.54) is 38.5 Å². The summed E-state index contributed by atoms with van der Waals surface area (Å²) in [6.07, 6.45) is 10.3. The number of nitrogens with one attached hydrogen (secondary N) is 1. The van der Waals surface area contributed by atoms with E-state index in [2.05, 4.69) is 16.4 Å². The van der Waals surface area contributed by atoms with Gasteiger partial charge in [0.05, 0.1) is 0 Å². The van der Waals surface area contributed by atoms with Crippen LogP contribution in [0.2, 0.25) is 0 Å². The van der Waals surface area contributed by atoms with E-state index in [9.17, 15) is 0 Å². The molecule has 0 unspecified atom stereocenters. The van der Waals surface area contributed by atoms with Gasteiger partial charge in [0.2, 0.25) is 0 Å². The predicted octanol–water partition coefficient (Wildman–Crippen LogP) is 3.04. The molecule has 4 aliphatic rings. The second-order valence-corrected chi connectivity index (χ2v) is 6.79. The summed E-state index contributed by atoms with van der Waals surface area (Å²) in [4.78, 5) is 4.07. The van der Waals surface area contributed by atoms with Crippen LogP contribution in [0.25, 0.3) is 0 Å². The number of nitrogen functional groups attached to an aromatic ring is 1. The molecule has 0 spiro atoms. The molecule has 18 heavy (non-hydrogen) atoms. The van der Waals surface area contributed by atoms with Crippen molar-refractivity contribution in [2.75, 3.05) is 11.1 Å². The first-order valence-corrected chi connectivity index (χ1v) is 7.20. The Balaban J connectivity index is 1.60. The summed E-state index contributed by atoms with van der Waals surface area (Å²) >= 11 is 0. The van der Waals surface area contributed by atoms with Crippen LogP contribution >= 0.6 is 0 Å². The van der Waals surface area contributed by atoms with E-state index in [1.807, 2.05) is 6.07 Å². The number of aromatic nitrogens is 1. The van der Waals surface area contributed by atoms with E-state index in [4.69, 9.17) is 5.73 Å². The van der Waals surface area contributed by atoms with Gasteiger partial charge in [-0.05, 0) is 62.3 Å². The second kappa shape index (κ2) is 3.62. The minimum atomic E-state index is 0.364. The maximum absolute atomic E-state index is 5.77. The molecule has 96 valence electrons. The number of hydrogen-bond donors (Lipinski definition) is 2. The van der Waals surface area contributed by atoms with Gasteiger partial charge in [-0.1, -0.05) is 0 Å². The van der Waals surface area contributed by atoms with Crippen molar-refractivity contribution in [2.45, 2.75) is 44.1 Å². The van der Waals surface area contributed by atoms with E-state index in [0.29, 0.717) is 11.4 Å². The first-order chi connectivity index (χ1) is 8.71. The van der Waals surface area contributed by atoms with Crippen LogP contribution in [-0.2, 0) is 0 Å². The smallest absolute Gasteiger partial charge is 0.125 e. The Bertz CT molecular complexity index is 433. The number of nitrogens with two attached hydrogens (primary N) is 1.